The fraction of sp³-hybridized carbons (Fsp3) is 0.900. The minimum Gasteiger partial charge on any atom is -0.393 e. The van der Waals surface area contributed by atoms with Crippen LogP contribution in [-0.2, 0) is 4.79 Å². The normalized spacial score (nSPS) is 39.9. The van der Waals surface area contributed by atoms with Crippen molar-refractivity contribution >= 4 is 5.78 Å². The number of hydrogen-bond donors (Lipinski definition) is 1. The van der Waals surface area contributed by atoms with E-state index in [4.69, 9.17) is 0 Å². The first kappa shape index (κ1) is 9.72. The van der Waals surface area contributed by atoms with E-state index in [1.807, 2.05) is 6.92 Å². The highest BCUT2D eigenvalue weighted by atomic mass is 16.3. The number of aliphatic hydroxyl groups is 1. The minimum absolute atomic E-state index is 0.0573. The summed E-state index contributed by atoms with van der Waals surface area (Å²) in [5, 5.41) is 9.50. The van der Waals surface area contributed by atoms with E-state index in [9.17, 15) is 9.90 Å². The molecule has 0 aromatic rings. The summed E-state index contributed by atoms with van der Waals surface area (Å²) < 4.78 is 0. The molecule has 2 atom stereocenters. The molecule has 1 N–H and O–H groups in total. The second-order valence-corrected chi connectivity index (χ2v) is 4.83. The number of aliphatic hydroxyl groups excluding tert-OH is 1. The van der Waals surface area contributed by atoms with Crippen LogP contribution in [0.15, 0.2) is 0 Å². The lowest BCUT2D eigenvalue weighted by Crippen LogP contribution is -2.36. The minimum atomic E-state index is -0.327. The number of hydrogen-bond acceptors (Lipinski definition) is 2. The van der Waals surface area contributed by atoms with Crippen LogP contribution < -0.4 is 0 Å². The average Bonchev–Trinajstić information content (AvgIpc) is 2.02. The number of carbonyl (C=O) groups is 1. The molecule has 0 saturated heterocycles. The molecular weight excluding hydrogens is 152 g/mol. The van der Waals surface area contributed by atoms with Crippen molar-refractivity contribution in [2.24, 2.45) is 10.8 Å². The van der Waals surface area contributed by atoms with Gasteiger partial charge in [0.15, 0.2) is 0 Å². The third-order valence-electron chi connectivity index (χ3n) is 3.66. The summed E-state index contributed by atoms with van der Waals surface area (Å²) in [6, 6.07) is 0. The summed E-state index contributed by atoms with van der Waals surface area (Å²) in [6.07, 6.45) is 1.06. The number of ketones is 1. The van der Waals surface area contributed by atoms with Gasteiger partial charge in [0.1, 0.15) is 5.78 Å². The van der Waals surface area contributed by atoms with Crippen LogP contribution in [0.1, 0.15) is 40.5 Å². The van der Waals surface area contributed by atoms with Crippen molar-refractivity contribution in [1.29, 1.82) is 0 Å². The Bertz CT molecular complexity index is 208. The Morgan fingerprint density at radius 2 is 1.83 bits per heavy atom. The third-order valence-corrected chi connectivity index (χ3v) is 3.66. The number of rotatable bonds is 1. The molecule has 0 amide bonds. The molecule has 70 valence electrons. The van der Waals surface area contributed by atoms with Gasteiger partial charge in [-0.2, -0.15) is 0 Å². The molecule has 12 heavy (non-hydrogen) atoms. The van der Waals surface area contributed by atoms with Gasteiger partial charge in [-0.05, 0) is 25.2 Å². The maximum absolute atomic E-state index is 11.4. The standard InChI is InChI=1S/C10H18O2/c1-7(11)10(4)6-8(12)5-9(10,2)3/h8,12H,5-6H2,1-4H3/t8-,10+/m0/s1. The van der Waals surface area contributed by atoms with Gasteiger partial charge in [0.2, 0.25) is 0 Å². The molecule has 0 bridgehead atoms. The zero-order valence-electron chi connectivity index (χ0n) is 8.35. The number of carbonyl (C=O) groups excluding carboxylic acids is 1. The smallest absolute Gasteiger partial charge is 0.136 e. The summed E-state index contributed by atoms with van der Waals surface area (Å²) in [6.45, 7) is 7.71. The van der Waals surface area contributed by atoms with Crippen molar-refractivity contribution in [3.8, 4) is 0 Å². The Hall–Kier alpha value is -0.370. The van der Waals surface area contributed by atoms with Crippen LogP contribution >= 0.6 is 0 Å². The van der Waals surface area contributed by atoms with Crippen LogP contribution in [0.5, 0.6) is 0 Å². The van der Waals surface area contributed by atoms with E-state index in [1.165, 1.54) is 0 Å². The highest BCUT2D eigenvalue weighted by Crippen LogP contribution is 2.52. The molecule has 0 aromatic heterocycles. The summed E-state index contributed by atoms with van der Waals surface area (Å²) in [4.78, 5) is 11.4. The molecule has 0 aromatic carbocycles. The van der Waals surface area contributed by atoms with Gasteiger partial charge in [0, 0.05) is 5.41 Å². The van der Waals surface area contributed by atoms with E-state index in [1.54, 1.807) is 6.92 Å². The molecule has 0 aliphatic heterocycles. The van der Waals surface area contributed by atoms with E-state index in [-0.39, 0.29) is 22.7 Å². The van der Waals surface area contributed by atoms with Crippen molar-refractivity contribution in [2.45, 2.75) is 46.6 Å². The van der Waals surface area contributed by atoms with Crippen molar-refractivity contribution < 1.29 is 9.90 Å². The molecule has 2 nitrogen and oxygen atoms in total. The van der Waals surface area contributed by atoms with Gasteiger partial charge in [-0.3, -0.25) is 4.79 Å². The Labute approximate surface area is 74.0 Å². The van der Waals surface area contributed by atoms with Gasteiger partial charge in [0.05, 0.1) is 6.10 Å². The van der Waals surface area contributed by atoms with Gasteiger partial charge < -0.3 is 5.11 Å². The van der Waals surface area contributed by atoms with Crippen molar-refractivity contribution in [3.63, 3.8) is 0 Å². The van der Waals surface area contributed by atoms with Crippen molar-refractivity contribution in [1.82, 2.24) is 0 Å². The van der Waals surface area contributed by atoms with E-state index in [0.717, 1.165) is 6.42 Å². The van der Waals surface area contributed by atoms with Crippen LogP contribution in [0.2, 0.25) is 0 Å². The first-order valence-corrected chi connectivity index (χ1v) is 4.49. The second-order valence-electron chi connectivity index (χ2n) is 4.83. The molecule has 0 spiro atoms. The van der Waals surface area contributed by atoms with Gasteiger partial charge in [0.25, 0.3) is 0 Å². The fourth-order valence-electron chi connectivity index (χ4n) is 2.25. The Morgan fingerprint density at radius 1 is 1.33 bits per heavy atom. The molecule has 1 aliphatic carbocycles. The van der Waals surface area contributed by atoms with Gasteiger partial charge in [-0.1, -0.05) is 20.8 Å². The maximum atomic E-state index is 11.4. The largest absolute Gasteiger partial charge is 0.393 e. The number of Topliss-reactive ketones (excluding diaryl/α,β-unsaturated/α-hetero) is 1. The van der Waals surface area contributed by atoms with E-state index >= 15 is 0 Å². The first-order valence-electron chi connectivity index (χ1n) is 4.49. The monoisotopic (exact) mass is 170 g/mol. The molecular formula is C10H18O2. The van der Waals surface area contributed by atoms with Crippen LogP contribution in [0.3, 0.4) is 0 Å². The summed E-state index contributed by atoms with van der Waals surface area (Å²) in [5.41, 5.74) is -0.384. The predicted octanol–water partition coefficient (Wildman–Crippen LogP) is 1.76. The van der Waals surface area contributed by atoms with Crippen LogP contribution in [0.25, 0.3) is 0 Å². The van der Waals surface area contributed by atoms with Crippen LogP contribution in [0.4, 0.5) is 0 Å². The van der Waals surface area contributed by atoms with Gasteiger partial charge in [-0.15, -0.1) is 0 Å². The summed E-state index contributed by atoms with van der Waals surface area (Å²) in [5.74, 6) is 0.198. The molecule has 1 rings (SSSR count). The van der Waals surface area contributed by atoms with Crippen LogP contribution in [-0.4, -0.2) is 17.0 Å². The van der Waals surface area contributed by atoms with E-state index < -0.39 is 0 Å². The van der Waals surface area contributed by atoms with Gasteiger partial charge >= 0.3 is 0 Å². The quantitative estimate of drug-likeness (QED) is 0.651. The molecule has 1 saturated carbocycles. The SMILES string of the molecule is CC(=O)[C@@]1(C)C[C@@H](O)CC1(C)C. The highest BCUT2D eigenvalue weighted by molar-refractivity contribution is 5.83. The lowest BCUT2D eigenvalue weighted by Gasteiger charge is -2.35. The zero-order valence-corrected chi connectivity index (χ0v) is 8.35. The van der Waals surface area contributed by atoms with Crippen molar-refractivity contribution in [3.05, 3.63) is 0 Å². The lowest BCUT2D eigenvalue weighted by atomic mass is 9.67. The summed E-state index contributed by atoms with van der Waals surface area (Å²) >= 11 is 0. The second kappa shape index (κ2) is 2.56. The van der Waals surface area contributed by atoms with Gasteiger partial charge in [-0.25, -0.2) is 0 Å². The van der Waals surface area contributed by atoms with Crippen LogP contribution in [0, 0.1) is 10.8 Å². The Morgan fingerprint density at radius 3 is 2.00 bits per heavy atom. The van der Waals surface area contributed by atoms with E-state index in [0.29, 0.717) is 6.42 Å². The average molecular weight is 170 g/mol. The molecule has 1 fully saturated rings. The zero-order chi connectivity index (χ0) is 9.57. The van der Waals surface area contributed by atoms with Crippen molar-refractivity contribution in [2.75, 3.05) is 0 Å². The third kappa shape index (κ3) is 1.18. The molecule has 1 aliphatic rings. The highest BCUT2D eigenvalue weighted by Gasteiger charge is 2.51. The Balaban J connectivity index is 2.98. The molecule has 0 heterocycles. The first-order chi connectivity index (χ1) is 5.29. The molecule has 0 radical (unpaired) electrons. The lowest BCUT2D eigenvalue weighted by molar-refractivity contribution is -0.130. The Kier molecular flexibility index (Phi) is 2.07. The topological polar surface area (TPSA) is 37.3 Å². The summed E-state index contributed by atoms with van der Waals surface area (Å²) in [7, 11) is 0. The van der Waals surface area contributed by atoms with E-state index in [2.05, 4.69) is 13.8 Å². The molecule has 0 unspecified atom stereocenters. The predicted molar refractivity (Wildman–Crippen MR) is 47.8 cm³/mol. The fourth-order valence-corrected chi connectivity index (χ4v) is 2.25. The maximum Gasteiger partial charge on any atom is 0.136 e. The molecule has 2 heteroatoms.